The van der Waals surface area contributed by atoms with Crippen LogP contribution in [0.4, 0.5) is 5.69 Å². The third-order valence-corrected chi connectivity index (χ3v) is 4.70. The Kier molecular flexibility index (Phi) is 7.83. The summed E-state index contributed by atoms with van der Waals surface area (Å²) < 4.78 is 0. The lowest BCUT2D eigenvalue weighted by Gasteiger charge is -2.11. The molecular formula is C19H22Cl2N2S. The van der Waals surface area contributed by atoms with E-state index in [1.807, 2.05) is 18.2 Å². The van der Waals surface area contributed by atoms with Crippen LogP contribution in [0.25, 0.3) is 0 Å². The molecular weight excluding hydrogens is 359 g/mol. The molecule has 0 saturated heterocycles. The van der Waals surface area contributed by atoms with Crippen molar-refractivity contribution in [2.24, 2.45) is 0 Å². The molecule has 0 amide bonds. The van der Waals surface area contributed by atoms with Crippen molar-refractivity contribution in [1.29, 1.82) is 0 Å². The first kappa shape index (κ1) is 19.0. The first-order valence-electron chi connectivity index (χ1n) is 8.16. The van der Waals surface area contributed by atoms with E-state index >= 15 is 0 Å². The van der Waals surface area contributed by atoms with Gasteiger partial charge >= 0.3 is 0 Å². The lowest BCUT2D eigenvalue weighted by atomic mass is 10.1. The van der Waals surface area contributed by atoms with Crippen LogP contribution >= 0.6 is 35.4 Å². The molecule has 5 heteroatoms. The van der Waals surface area contributed by atoms with Gasteiger partial charge in [0.2, 0.25) is 0 Å². The predicted octanol–water partition coefficient (Wildman–Crippen LogP) is 5.87. The van der Waals surface area contributed by atoms with Gasteiger partial charge in [-0.1, -0.05) is 54.7 Å². The van der Waals surface area contributed by atoms with Gasteiger partial charge in [0.05, 0.1) is 10.0 Å². The van der Waals surface area contributed by atoms with Crippen molar-refractivity contribution in [3.05, 3.63) is 63.6 Å². The Morgan fingerprint density at radius 1 is 0.958 bits per heavy atom. The average Bonchev–Trinajstić information content (AvgIpc) is 2.57. The second kappa shape index (κ2) is 9.87. The zero-order valence-electron chi connectivity index (χ0n) is 13.7. The molecule has 0 radical (unpaired) electrons. The quantitative estimate of drug-likeness (QED) is 0.587. The van der Waals surface area contributed by atoms with Gasteiger partial charge in [-0.3, -0.25) is 0 Å². The number of anilines is 1. The zero-order chi connectivity index (χ0) is 17.4. The van der Waals surface area contributed by atoms with Crippen LogP contribution in [0, 0.1) is 0 Å². The fraction of sp³-hybridized carbons (Fsp3) is 0.316. The Balaban J connectivity index is 1.75. The molecule has 128 valence electrons. The van der Waals surface area contributed by atoms with E-state index in [2.05, 4.69) is 41.8 Å². The van der Waals surface area contributed by atoms with Crippen LogP contribution in [0.3, 0.4) is 0 Å². The van der Waals surface area contributed by atoms with E-state index < -0.39 is 0 Å². The van der Waals surface area contributed by atoms with Crippen molar-refractivity contribution in [3.8, 4) is 0 Å². The molecule has 0 heterocycles. The maximum absolute atomic E-state index is 6.02. The van der Waals surface area contributed by atoms with Crippen molar-refractivity contribution >= 4 is 46.2 Å². The number of benzene rings is 2. The Labute approximate surface area is 159 Å². The molecule has 2 nitrogen and oxygen atoms in total. The minimum atomic E-state index is 0.577. The summed E-state index contributed by atoms with van der Waals surface area (Å²) in [6.07, 6.45) is 4.39. The minimum absolute atomic E-state index is 0.577. The van der Waals surface area contributed by atoms with Gasteiger partial charge in [0, 0.05) is 12.2 Å². The normalized spacial score (nSPS) is 10.5. The van der Waals surface area contributed by atoms with E-state index in [1.165, 1.54) is 18.4 Å². The molecule has 0 aromatic heterocycles. The molecule has 0 aliphatic carbocycles. The lowest BCUT2D eigenvalue weighted by Crippen LogP contribution is -2.30. The van der Waals surface area contributed by atoms with Gasteiger partial charge in [-0.05, 0) is 66.9 Å². The number of rotatable bonds is 7. The monoisotopic (exact) mass is 380 g/mol. The smallest absolute Gasteiger partial charge is 0.170 e. The maximum Gasteiger partial charge on any atom is 0.170 e. The summed E-state index contributed by atoms with van der Waals surface area (Å²) >= 11 is 17.3. The Hall–Kier alpha value is -1.29. The third kappa shape index (κ3) is 6.31. The Morgan fingerprint density at radius 3 is 2.33 bits per heavy atom. The molecule has 0 saturated carbocycles. The van der Waals surface area contributed by atoms with E-state index in [0.29, 0.717) is 15.2 Å². The SMILES string of the molecule is CCCCc1ccc(NC(=S)NCCc2ccc(Cl)c(Cl)c2)cc1. The molecule has 0 aliphatic rings. The highest BCUT2D eigenvalue weighted by molar-refractivity contribution is 7.80. The van der Waals surface area contributed by atoms with Gasteiger partial charge in [0.15, 0.2) is 5.11 Å². The molecule has 2 rings (SSSR count). The molecule has 0 fully saturated rings. The second-order valence-electron chi connectivity index (χ2n) is 5.68. The minimum Gasteiger partial charge on any atom is -0.362 e. The second-order valence-corrected chi connectivity index (χ2v) is 6.90. The first-order chi connectivity index (χ1) is 11.6. The van der Waals surface area contributed by atoms with Crippen molar-refractivity contribution in [3.63, 3.8) is 0 Å². The Morgan fingerprint density at radius 2 is 1.67 bits per heavy atom. The van der Waals surface area contributed by atoms with E-state index in [0.717, 1.165) is 30.6 Å². The van der Waals surface area contributed by atoms with E-state index in [9.17, 15) is 0 Å². The molecule has 0 spiro atoms. The number of nitrogens with one attached hydrogen (secondary N) is 2. The number of halogens is 2. The highest BCUT2D eigenvalue weighted by Gasteiger charge is 2.01. The summed E-state index contributed by atoms with van der Waals surface area (Å²) in [4.78, 5) is 0. The molecule has 2 aromatic carbocycles. The summed E-state index contributed by atoms with van der Waals surface area (Å²) in [7, 11) is 0. The molecule has 0 unspecified atom stereocenters. The largest absolute Gasteiger partial charge is 0.362 e. The third-order valence-electron chi connectivity index (χ3n) is 3.71. The summed E-state index contributed by atoms with van der Waals surface area (Å²) in [5.74, 6) is 0. The lowest BCUT2D eigenvalue weighted by molar-refractivity contribution is 0.795. The number of hydrogen-bond acceptors (Lipinski definition) is 1. The molecule has 0 aliphatic heterocycles. The van der Waals surface area contributed by atoms with Crippen molar-refractivity contribution < 1.29 is 0 Å². The molecule has 24 heavy (non-hydrogen) atoms. The molecule has 2 N–H and O–H groups in total. The van der Waals surface area contributed by atoms with E-state index in [1.54, 1.807) is 0 Å². The number of hydrogen-bond donors (Lipinski definition) is 2. The maximum atomic E-state index is 6.02. The summed E-state index contributed by atoms with van der Waals surface area (Å²) in [6, 6.07) is 14.1. The van der Waals surface area contributed by atoms with Crippen molar-refractivity contribution in [1.82, 2.24) is 5.32 Å². The van der Waals surface area contributed by atoms with Crippen LogP contribution in [0.1, 0.15) is 30.9 Å². The molecule has 0 atom stereocenters. The predicted molar refractivity (Wildman–Crippen MR) is 109 cm³/mol. The van der Waals surface area contributed by atoms with Crippen molar-refractivity contribution in [2.75, 3.05) is 11.9 Å². The van der Waals surface area contributed by atoms with Crippen LogP contribution in [-0.2, 0) is 12.8 Å². The summed E-state index contributed by atoms with van der Waals surface area (Å²) in [6.45, 7) is 2.94. The molecule has 2 aromatic rings. The Bertz CT molecular complexity index is 672. The van der Waals surface area contributed by atoms with Gasteiger partial charge < -0.3 is 10.6 Å². The van der Waals surface area contributed by atoms with Gasteiger partial charge in [0.25, 0.3) is 0 Å². The van der Waals surface area contributed by atoms with E-state index in [-0.39, 0.29) is 0 Å². The topological polar surface area (TPSA) is 24.1 Å². The highest BCUT2D eigenvalue weighted by Crippen LogP contribution is 2.22. The first-order valence-corrected chi connectivity index (χ1v) is 9.32. The van der Waals surface area contributed by atoms with Crippen LogP contribution in [0.5, 0.6) is 0 Å². The van der Waals surface area contributed by atoms with Crippen LogP contribution in [-0.4, -0.2) is 11.7 Å². The van der Waals surface area contributed by atoms with Crippen LogP contribution in [0.2, 0.25) is 10.0 Å². The number of thiocarbonyl (C=S) groups is 1. The average molecular weight is 381 g/mol. The number of unbranched alkanes of at least 4 members (excludes halogenated alkanes) is 1. The van der Waals surface area contributed by atoms with Gasteiger partial charge in [-0.25, -0.2) is 0 Å². The van der Waals surface area contributed by atoms with Gasteiger partial charge in [0.1, 0.15) is 0 Å². The van der Waals surface area contributed by atoms with E-state index in [4.69, 9.17) is 35.4 Å². The standard InChI is InChI=1S/C19H22Cl2N2S/c1-2-3-4-14-5-8-16(9-6-14)23-19(24)22-12-11-15-7-10-17(20)18(21)13-15/h5-10,13H,2-4,11-12H2,1H3,(H2,22,23,24). The zero-order valence-corrected chi connectivity index (χ0v) is 16.1. The fourth-order valence-electron chi connectivity index (χ4n) is 2.33. The summed E-state index contributed by atoms with van der Waals surface area (Å²) in [5, 5.41) is 8.19. The summed E-state index contributed by atoms with van der Waals surface area (Å²) in [5.41, 5.74) is 3.49. The van der Waals surface area contributed by atoms with Crippen molar-refractivity contribution in [2.45, 2.75) is 32.6 Å². The van der Waals surface area contributed by atoms with Crippen LogP contribution in [0.15, 0.2) is 42.5 Å². The number of aryl methyl sites for hydroxylation is 1. The van der Waals surface area contributed by atoms with Gasteiger partial charge in [-0.2, -0.15) is 0 Å². The highest BCUT2D eigenvalue weighted by atomic mass is 35.5. The molecule has 0 bridgehead atoms. The van der Waals surface area contributed by atoms with Gasteiger partial charge in [-0.15, -0.1) is 0 Å². The van der Waals surface area contributed by atoms with Crippen LogP contribution < -0.4 is 10.6 Å². The fourth-order valence-corrected chi connectivity index (χ4v) is 2.87.